The minimum atomic E-state index is -1.70. The molecule has 1 fully saturated rings. The molecule has 450 valence electrons. The van der Waals surface area contributed by atoms with Crippen molar-refractivity contribution in [1.29, 1.82) is 0 Å². The minimum Gasteiger partial charge on any atom is -0.391 e. The average molecular weight is 1130 g/mol. The molecule has 0 radical (unpaired) electrons. The zero-order chi connectivity index (χ0) is 60.1. The number of hydrogen-bond acceptors (Lipinski definition) is 18. The molecule has 1 aliphatic heterocycles. The number of carbonyl (C=O) groups excluding carboxylic acids is 11. The molecule has 80 heavy (non-hydrogen) atoms. The van der Waals surface area contributed by atoms with E-state index in [0.29, 0.717) is 12.0 Å². The summed E-state index contributed by atoms with van der Waals surface area (Å²) in [7, 11) is 0. The monoisotopic (exact) mass is 1130 g/mol. The summed E-state index contributed by atoms with van der Waals surface area (Å²) in [5.41, 5.74) is 29.7. The number of hydrogen-bond donors (Lipinski definition) is 18. The van der Waals surface area contributed by atoms with E-state index in [9.17, 15) is 63.0 Å². The lowest BCUT2D eigenvalue weighted by Gasteiger charge is -2.29. The highest BCUT2D eigenvalue weighted by Gasteiger charge is 2.37. The minimum absolute atomic E-state index is 0.0204. The van der Waals surface area contributed by atoms with Gasteiger partial charge in [-0.3, -0.25) is 52.7 Å². The van der Waals surface area contributed by atoms with Crippen LogP contribution in [0.4, 0.5) is 0 Å². The van der Waals surface area contributed by atoms with Crippen molar-refractivity contribution >= 4 is 65.0 Å². The molecule has 1 aromatic carbocycles. The molecule has 29 nitrogen and oxygen atoms in total. The van der Waals surface area contributed by atoms with Crippen LogP contribution in [0.25, 0.3) is 0 Å². The average Bonchev–Trinajstić information content (AvgIpc) is 3.39. The number of aliphatic hydroxyl groups excluding tert-OH is 2. The van der Waals surface area contributed by atoms with Crippen LogP contribution in [0.1, 0.15) is 98.0 Å². The first-order valence-corrected chi connectivity index (χ1v) is 27.2. The maximum Gasteiger partial charge on any atom is 0.245 e. The zero-order valence-corrected chi connectivity index (χ0v) is 46.5. The van der Waals surface area contributed by atoms with Gasteiger partial charge in [0.05, 0.1) is 12.2 Å². The van der Waals surface area contributed by atoms with Crippen LogP contribution in [-0.2, 0) is 59.2 Å². The summed E-state index contributed by atoms with van der Waals surface area (Å²) < 4.78 is 0. The first-order valence-electron chi connectivity index (χ1n) is 27.2. The van der Waals surface area contributed by atoms with Crippen LogP contribution in [0.5, 0.6) is 0 Å². The Bertz CT molecular complexity index is 2210. The molecule has 11 amide bonds. The Morgan fingerprint density at radius 2 is 1.05 bits per heavy atom. The van der Waals surface area contributed by atoms with Crippen LogP contribution >= 0.6 is 0 Å². The van der Waals surface area contributed by atoms with Crippen molar-refractivity contribution in [2.45, 2.75) is 171 Å². The van der Waals surface area contributed by atoms with Crippen molar-refractivity contribution in [3.05, 3.63) is 35.9 Å². The molecule has 0 spiro atoms. The highest BCUT2D eigenvalue weighted by atomic mass is 16.3. The number of rotatable bonds is 25. The Morgan fingerprint density at radius 3 is 1.54 bits per heavy atom. The molecule has 23 N–H and O–H groups in total. The lowest BCUT2D eigenvalue weighted by molar-refractivity contribution is -0.137. The van der Waals surface area contributed by atoms with Gasteiger partial charge in [-0.1, -0.05) is 51.1 Å². The van der Waals surface area contributed by atoms with Gasteiger partial charge in [-0.25, -0.2) is 0 Å². The van der Waals surface area contributed by atoms with Crippen LogP contribution in [0.3, 0.4) is 0 Å². The van der Waals surface area contributed by atoms with E-state index in [1.165, 1.54) is 13.8 Å². The van der Waals surface area contributed by atoms with E-state index < -0.39 is 151 Å². The van der Waals surface area contributed by atoms with Gasteiger partial charge >= 0.3 is 0 Å². The van der Waals surface area contributed by atoms with Crippen molar-refractivity contribution in [2.75, 3.05) is 39.3 Å². The van der Waals surface area contributed by atoms with E-state index in [2.05, 4.69) is 58.5 Å². The number of benzene rings is 1. The van der Waals surface area contributed by atoms with Gasteiger partial charge in [0, 0.05) is 19.4 Å². The SMILES string of the molecule is CCCC(=O)N[C@@H](CCN)C(=O)N[C@@H](C(=O)N[C@@H](CCN)C(=O)N[C@H]1CCNC(=O)[C@@H]([C@@H](C)O)NC(=O)[C@H](CCN)NC(=O)[C@H](CCN)NC(=O)[C@H](CC(C)C)NC(=O)[C@@H](Cc2ccccc2)NC(=O)[C@H](CCN)NC1=O)[C@@H](C)O. The normalized spacial score (nSPS) is 23.2. The Morgan fingerprint density at radius 1 is 0.575 bits per heavy atom. The lowest BCUT2D eigenvalue weighted by atomic mass is 10.00. The lowest BCUT2D eigenvalue weighted by Crippen LogP contribution is -2.62. The number of amides is 11. The standard InChI is InChI=1S/C51H88N16O13/c1-6-10-39(70)58-31(13-19-52)46(75)67-41(29(5)69)51(80)63-34(16-22-55)43(72)62-36-18-24-57-50(79)40(28(4)68)66-47(76)35(17-23-56)60-42(71)32(14-20-53)61-48(77)37(25-27(2)3)64-49(78)38(26-30-11-8-7-9-12-30)65-44(73)33(15-21-54)59-45(36)74/h7-9,11-12,27-29,31-38,40-41,68-69H,6,10,13-26,52-56H2,1-5H3,(H,57,79)(H,58,70)(H,59,74)(H,60,71)(H,61,77)(H,62,72)(H,63,80)(H,64,78)(H,65,73)(H,66,76)(H,67,75)/t28-,29-,31+,32+,33+,34+,35+,36+,37+,38-,40-,41-/m1/s1. The number of carbonyl (C=O) groups is 11. The van der Waals surface area contributed by atoms with E-state index in [4.69, 9.17) is 28.7 Å². The van der Waals surface area contributed by atoms with Gasteiger partial charge in [-0.05, 0) is 109 Å². The summed E-state index contributed by atoms with van der Waals surface area (Å²) in [6.45, 7) is 6.54. The highest BCUT2D eigenvalue weighted by molar-refractivity contribution is 5.99. The van der Waals surface area contributed by atoms with Crippen LogP contribution in [0.2, 0.25) is 0 Å². The molecule has 12 atom stereocenters. The molecule has 0 unspecified atom stereocenters. The highest BCUT2D eigenvalue weighted by Crippen LogP contribution is 2.11. The van der Waals surface area contributed by atoms with Gasteiger partial charge in [0.25, 0.3) is 0 Å². The molecule has 1 aliphatic rings. The van der Waals surface area contributed by atoms with Gasteiger partial charge in [0.1, 0.15) is 60.4 Å². The van der Waals surface area contributed by atoms with Crippen LogP contribution in [0.15, 0.2) is 30.3 Å². The summed E-state index contributed by atoms with van der Waals surface area (Å²) in [6.07, 6.45) is -3.92. The largest absolute Gasteiger partial charge is 0.391 e. The molecular weight excluding hydrogens is 1040 g/mol. The first-order chi connectivity index (χ1) is 37.9. The van der Waals surface area contributed by atoms with E-state index in [1.54, 1.807) is 51.1 Å². The predicted octanol–water partition coefficient (Wildman–Crippen LogP) is -7.05. The summed E-state index contributed by atoms with van der Waals surface area (Å²) in [6, 6.07) is -6.22. The second kappa shape index (κ2) is 36.4. The van der Waals surface area contributed by atoms with Crippen LogP contribution in [-0.4, -0.2) is 187 Å². The van der Waals surface area contributed by atoms with Crippen molar-refractivity contribution in [3.8, 4) is 0 Å². The fraction of sp³-hybridized carbons (Fsp3) is 0.667. The van der Waals surface area contributed by atoms with E-state index >= 15 is 0 Å². The fourth-order valence-electron chi connectivity index (χ4n) is 8.36. The molecule has 0 saturated carbocycles. The first kappa shape index (κ1) is 69.2. The van der Waals surface area contributed by atoms with Gasteiger partial charge in [0.2, 0.25) is 65.0 Å². The summed E-state index contributed by atoms with van der Waals surface area (Å²) in [5.74, 6) is -10.0. The van der Waals surface area contributed by atoms with E-state index in [-0.39, 0.29) is 90.0 Å². The van der Waals surface area contributed by atoms with E-state index in [0.717, 1.165) is 0 Å². The summed E-state index contributed by atoms with van der Waals surface area (Å²) in [5, 5.41) is 49.3. The number of nitrogens with two attached hydrogens (primary N) is 5. The zero-order valence-electron chi connectivity index (χ0n) is 46.5. The third-order valence-electron chi connectivity index (χ3n) is 12.7. The van der Waals surface area contributed by atoms with Crippen molar-refractivity contribution in [1.82, 2.24) is 58.5 Å². The third kappa shape index (κ3) is 23.8. The molecule has 0 aliphatic carbocycles. The Labute approximate surface area is 466 Å². The van der Waals surface area contributed by atoms with Crippen LogP contribution < -0.4 is 87.2 Å². The molecule has 0 aromatic heterocycles. The van der Waals surface area contributed by atoms with Gasteiger partial charge < -0.3 is 97.4 Å². The number of nitrogens with one attached hydrogen (secondary N) is 11. The molecule has 0 bridgehead atoms. The molecule has 1 saturated heterocycles. The molecule has 29 heteroatoms. The maximum absolute atomic E-state index is 14.5. The third-order valence-corrected chi connectivity index (χ3v) is 12.7. The van der Waals surface area contributed by atoms with Gasteiger partial charge in [0.15, 0.2) is 0 Å². The van der Waals surface area contributed by atoms with Crippen LogP contribution in [0, 0.1) is 5.92 Å². The van der Waals surface area contributed by atoms with Crippen molar-refractivity contribution in [2.24, 2.45) is 34.6 Å². The summed E-state index contributed by atoms with van der Waals surface area (Å²) >= 11 is 0. The molecule has 1 aromatic rings. The molecule has 1 heterocycles. The maximum atomic E-state index is 14.5. The van der Waals surface area contributed by atoms with Gasteiger partial charge in [-0.2, -0.15) is 0 Å². The quantitative estimate of drug-likeness (QED) is 0.0433. The van der Waals surface area contributed by atoms with Crippen molar-refractivity contribution < 1.29 is 63.0 Å². The Hall–Kier alpha value is -6.89. The van der Waals surface area contributed by atoms with Crippen molar-refractivity contribution in [3.63, 3.8) is 0 Å². The Kier molecular flexibility index (Phi) is 31.5. The van der Waals surface area contributed by atoms with Gasteiger partial charge in [-0.15, -0.1) is 0 Å². The van der Waals surface area contributed by atoms with E-state index in [1.807, 2.05) is 0 Å². The second-order valence-electron chi connectivity index (χ2n) is 20.0. The molecular formula is C51H88N16O13. The fourth-order valence-corrected chi connectivity index (χ4v) is 8.36. The number of aliphatic hydroxyl groups is 2. The smallest absolute Gasteiger partial charge is 0.245 e. The second-order valence-corrected chi connectivity index (χ2v) is 20.0. The Balaban J connectivity index is 2.73. The summed E-state index contributed by atoms with van der Waals surface area (Å²) in [4.78, 5) is 152. The predicted molar refractivity (Wildman–Crippen MR) is 293 cm³/mol. The topological polar surface area (TPSA) is 491 Å². The molecule has 2 rings (SSSR count).